The van der Waals surface area contributed by atoms with Gasteiger partial charge < -0.3 is 5.11 Å². The van der Waals surface area contributed by atoms with Gasteiger partial charge in [0.1, 0.15) is 6.10 Å². The lowest BCUT2D eigenvalue weighted by Gasteiger charge is -2.15. The van der Waals surface area contributed by atoms with Crippen LogP contribution in [0.25, 0.3) is 10.9 Å². The van der Waals surface area contributed by atoms with Gasteiger partial charge in [0, 0.05) is 32.2 Å². The van der Waals surface area contributed by atoms with Crippen LogP contribution in [0, 0.1) is 0 Å². The Kier molecular flexibility index (Phi) is 3.74. The van der Waals surface area contributed by atoms with E-state index in [-0.39, 0.29) is 0 Å². The highest BCUT2D eigenvalue weighted by Crippen LogP contribution is 2.33. The molecule has 4 heteroatoms. The highest BCUT2D eigenvalue weighted by Gasteiger charge is 2.17. The molecule has 2 nitrogen and oxygen atoms in total. The number of hydrogen-bond donors (Lipinski definition) is 1. The average Bonchev–Trinajstić information content (AvgIpc) is 2.48. The molecule has 0 saturated carbocycles. The zero-order chi connectivity index (χ0) is 14.1. The van der Waals surface area contributed by atoms with Crippen LogP contribution in [0.15, 0.2) is 59.2 Å². The number of pyridine rings is 1. The molecule has 0 fully saturated rings. The Morgan fingerprint density at radius 1 is 1.05 bits per heavy atom. The Labute approximate surface area is 130 Å². The van der Waals surface area contributed by atoms with Crippen LogP contribution in [0.1, 0.15) is 17.2 Å². The van der Waals surface area contributed by atoms with E-state index in [9.17, 15) is 5.11 Å². The van der Waals surface area contributed by atoms with Crippen LogP contribution in [0.4, 0.5) is 0 Å². The first kappa shape index (κ1) is 13.6. The van der Waals surface area contributed by atoms with Crippen molar-refractivity contribution in [2.24, 2.45) is 0 Å². The Bertz CT molecular complexity index is 770. The number of fused-ring (bicyclic) bond motifs is 1. The number of para-hydroxylation sites is 1. The normalized spacial score (nSPS) is 12.6. The lowest BCUT2D eigenvalue weighted by Crippen LogP contribution is -2.02. The van der Waals surface area contributed by atoms with Gasteiger partial charge in [-0.3, -0.25) is 4.98 Å². The Morgan fingerprint density at radius 2 is 1.85 bits per heavy atom. The predicted octanol–water partition coefficient (Wildman–Crippen LogP) is 4.73. The maximum absolute atomic E-state index is 10.7. The second-order valence-corrected chi connectivity index (χ2v) is 5.78. The van der Waals surface area contributed by atoms with Gasteiger partial charge in [-0.05, 0) is 24.3 Å². The number of halogens is 2. The van der Waals surface area contributed by atoms with E-state index >= 15 is 0 Å². The summed E-state index contributed by atoms with van der Waals surface area (Å²) in [7, 11) is 0. The fourth-order valence-electron chi connectivity index (χ4n) is 2.24. The smallest absolute Gasteiger partial charge is 0.107 e. The minimum Gasteiger partial charge on any atom is -0.384 e. The number of benzene rings is 2. The molecule has 0 aliphatic heterocycles. The molecule has 0 bridgehead atoms. The largest absolute Gasteiger partial charge is 0.384 e. The summed E-state index contributed by atoms with van der Waals surface area (Å²) in [5.74, 6) is 0. The van der Waals surface area contributed by atoms with Gasteiger partial charge in [0.25, 0.3) is 0 Å². The third-order valence-corrected chi connectivity index (χ3v) is 4.17. The van der Waals surface area contributed by atoms with Gasteiger partial charge in [-0.25, -0.2) is 0 Å². The third-order valence-electron chi connectivity index (χ3n) is 3.21. The van der Waals surface area contributed by atoms with Gasteiger partial charge in [0.15, 0.2) is 0 Å². The summed E-state index contributed by atoms with van der Waals surface area (Å²) in [6.07, 6.45) is 0.952. The van der Waals surface area contributed by atoms with Gasteiger partial charge >= 0.3 is 0 Å². The van der Waals surface area contributed by atoms with E-state index in [1.54, 1.807) is 18.3 Å². The van der Waals surface area contributed by atoms with E-state index < -0.39 is 6.10 Å². The maximum Gasteiger partial charge on any atom is 0.107 e. The molecule has 0 aliphatic carbocycles. The van der Waals surface area contributed by atoms with Crippen molar-refractivity contribution in [3.63, 3.8) is 0 Å². The maximum atomic E-state index is 10.7. The number of aromatic nitrogens is 1. The Hall–Kier alpha value is -1.42. The molecule has 0 spiro atoms. The molecule has 1 N–H and O–H groups in total. The molecule has 0 amide bonds. The summed E-state index contributed by atoms with van der Waals surface area (Å²) >= 11 is 9.47. The van der Waals surface area contributed by atoms with Crippen molar-refractivity contribution < 1.29 is 5.11 Å². The van der Waals surface area contributed by atoms with Gasteiger partial charge in [-0.1, -0.05) is 51.8 Å². The lowest BCUT2D eigenvalue weighted by atomic mass is 9.99. The van der Waals surface area contributed by atoms with Crippen LogP contribution >= 0.6 is 27.5 Å². The molecule has 1 heterocycles. The number of hydrogen-bond acceptors (Lipinski definition) is 2. The number of aliphatic hydroxyl groups excluding tert-OH is 1. The van der Waals surface area contributed by atoms with Crippen LogP contribution in [-0.4, -0.2) is 10.1 Å². The Balaban J connectivity index is 2.17. The van der Waals surface area contributed by atoms with Gasteiger partial charge in [-0.2, -0.15) is 0 Å². The molecule has 2 aromatic carbocycles. The van der Waals surface area contributed by atoms with Crippen molar-refractivity contribution in [2.75, 3.05) is 0 Å². The quantitative estimate of drug-likeness (QED) is 0.726. The van der Waals surface area contributed by atoms with Crippen molar-refractivity contribution in [1.29, 1.82) is 0 Å². The van der Waals surface area contributed by atoms with E-state index in [0.29, 0.717) is 5.02 Å². The molecule has 3 aromatic rings. The van der Waals surface area contributed by atoms with Crippen LogP contribution in [-0.2, 0) is 0 Å². The fraction of sp³-hybridized carbons (Fsp3) is 0.0625. The average molecular weight is 349 g/mol. The van der Waals surface area contributed by atoms with Crippen molar-refractivity contribution in [1.82, 2.24) is 4.98 Å². The van der Waals surface area contributed by atoms with E-state index in [1.165, 1.54) is 0 Å². The van der Waals surface area contributed by atoms with E-state index in [4.69, 9.17) is 11.6 Å². The standard InChI is InChI=1S/C16H11BrClNO/c17-14-7-6-11(18)9-13(14)16(20)12-5-1-3-10-4-2-8-19-15(10)12/h1-9,16,20H. The van der Waals surface area contributed by atoms with E-state index in [0.717, 1.165) is 26.5 Å². The van der Waals surface area contributed by atoms with Crippen LogP contribution in [0.5, 0.6) is 0 Å². The summed E-state index contributed by atoms with van der Waals surface area (Å²) in [6.45, 7) is 0. The summed E-state index contributed by atoms with van der Waals surface area (Å²) in [6, 6.07) is 15.0. The zero-order valence-electron chi connectivity index (χ0n) is 10.4. The summed E-state index contributed by atoms with van der Waals surface area (Å²) < 4.78 is 0.822. The van der Waals surface area contributed by atoms with Gasteiger partial charge in [0.2, 0.25) is 0 Å². The predicted molar refractivity (Wildman–Crippen MR) is 85.0 cm³/mol. The molecule has 0 saturated heterocycles. The molecule has 1 atom stereocenters. The van der Waals surface area contributed by atoms with Gasteiger partial charge in [-0.15, -0.1) is 0 Å². The molecule has 1 aromatic heterocycles. The van der Waals surface area contributed by atoms with Crippen molar-refractivity contribution >= 4 is 38.4 Å². The fourth-order valence-corrected chi connectivity index (χ4v) is 2.88. The van der Waals surface area contributed by atoms with Crippen LogP contribution in [0.2, 0.25) is 5.02 Å². The van der Waals surface area contributed by atoms with E-state index in [2.05, 4.69) is 20.9 Å². The molecule has 0 aliphatic rings. The molecular formula is C16H11BrClNO. The number of aliphatic hydroxyl groups is 1. The minimum atomic E-state index is -0.776. The number of rotatable bonds is 2. The number of nitrogens with zero attached hydrogens (tertiary/aromatic N) is 1. The third kappa shape index (κ3) is 2.44. The highest BCUT2D eigenvalue weighted by atomic mass is 79.9. The SMILES string of the molecule is OC(c1cc(Cl)ccc1Br)c1cccc2cccnc12. The summed E-state index contributed by atoms with van der Waals surface area (Å²) in [5.41, 5.74) is 2.30. The van der Waals surface area contributed by atoms with Crippen molar-refractivity contribution in [3.8, 4) is 0 Å². The molecule has 20 heavy (non-hydrogen) atoms. The van der Waals surface area contributed by atoms with Crippen LogP contribution < -0.4 is 0 Å². The van der Waals surface area contributed by atoms with Crippen LogP contribution in [0.3, 0.4) is 0 Å². The van der Waals surface area contributed by atoms with Crippen molar-refractivity contribution in [2.45, 2.75) is 6.10 Å². The zero-order valence-corrected chi connectivity index (χ0v) is 12.8. The minimum absolute atomic E-state index is 0.593. The second kappa shape index (κ2) is 5.52. The topological polar surface area (TPSA) is 33.1 Å². The summed E-state index contributed by atoms with van der Waals surface area (Å²) in [5, 5.41) is 12.3. The molecule has 1 unspecified atom stereocenters. The van der Waals surface area contributed by atoms with E-state index in [1.807, 2.05) is 36.4 Å². The first-order chi connectivity index (χ1) is 9.66. The molecule has 0 radical (unpaired) electrons. The van der Waals surface area contributed by atoms with Gasteiger partial charge in [0.05, 0.1) is 5.52 Å². The Morgan fingerprint density at radius 3 is 2.70 bits per heavy atom. The molecule has 100 valence electrons. The molecule has 3 rings (SSSR count). The first-order valence-corrected chi connectivity index (χ1v) is 7.30. The second-order valence-electron chi connectivity index (χ2n) is 4.49. The first-order valence-electron chi connectivity index (χ1n) is 6.13. The molecular weight excluding hydrogens is 338 g/mol. The lowest BCUT2D eigenvalue weighted by molar-refractivity contribution is 0.221. The van der Waals surface area contributed by atoms with Crippen molar-refractivity contribution in [3.05, 3.63) is 75.4 Å². The monoisotopic (exact) mass is 347 g/mol. The summed E-state index contributed by atoms with van der Waals surface area (Å²) in [4.78, 5) is 4.37. The highest BCUT2D eigenvalue weighted by molar-refractivity contribution is 9.10.